The summed E-state index contributed by atoms with van der Waals surface area (Å²) >= 11 is 0. The van der Waals surface area contributed by atoms with Crippen molar-refractivity contribution in [3.63, 3.8) is 0 Å². The average Bonchev–Trinajstić information content (AvgIpc) is 3.84. The number of H-pyrrole nitrogens is 2. The van der Waals surface area contributed by atoms with Gasteiger partial charge in [-0.25, -0.2) is 19.6 Å². The van der Waals surface area contributed by atoms with Crippen LogP contribution in [0.1, 0.15) is 102 Å². The van der Waals surface area contributed by atoms with Crippen LogP contribution in [0.2, 0.25) is 0 Å². The predicted octanol–water partition coefficient (Wildman–Crippen LogP) is 8.31. The van der Waals surface area contributed by atoms with E-state index in [2.05, 4.69) is 46.4 Å². The number of aromatic nitrogens is 4. The number of carbonyl (C=O) groups is 2. The van der Waals surface area contributed by atoms with Crippen LogP contribution >= 0.6 is 0 Å². The Balaban J connectivity index is 1.09. The zero-order valence-corrected chi connectivity index (χ0v) is 29.3. The smallest absolute Gasteiger partial charge is 0.410 e. The molecule has 0 radical (unpaired) electrons. The molecule has 2 saturated heterocycles. The zero-order chi connectivity index (χ0) is 34.5. The van der Waals surface area contributed by atoms with Gasteiger partial charge in [0, 0.05) is 13.1 Å². The van der Waals surface area contributed by atoms with E-state index in [1.807, 2.05) is 53.9 Å². The Morgan fingerprint density at radius 1 is 0.714 bits per heavy atom. The molecule has 2 atom stereocenters. The first kappa shape index (κ1) is 32.9. The Morgan fingerprint density at radius 2 is 1.14 bits per heavy atom. The lowest BCUT2D eigenvalue weighted by Crippen LogP contribution is -2.36. The molecule has 0 bridgehead atoms. The molecule has 3 aliphatic rings. The number of rotatable bonds is 4. The Morgan fingerprint density at radius 3 is 1.55 bits per heavy atom. The quantitative estimate of drug-likeness (QED) is 0.224. The van der Waals surface area contributed by atoms with Gasteiger partial charge < -0.3 is 24.2 Å². The second-order valence-electron chi connectivity index (χ2n) is 15.3. The first-order chi connectivity index (χ1) is 23.3. The molecule has 2 amide bonds. The number of nitrogens with one attached hydrogen (secondary N) is 2. The average molecular weight is 667 g/mol. The van der Waals surface area contributed by atoms with Crippen LogP contribution in [0.25, 0.3) is 33.6 Å². The first-order valence-electron chi connectivity index (χ1n) is 17.3. The van der Waals surface area contributed by atoms with Crippen LogP contribution < -0.4 is 0 Å². The third-order valence-electron chi connectivity index (χ3n) is 9.22. The van der Waals surface area contributed by atoms with Crippen LogP contribution in [0.15, 0.2) is 48.8 Å². The number of amides is 2. The zero-order valence-electron chi connectivity index (χ0n) is 29.3. The topological polar surface area (TPSA) is 126 Å². The van der Waals surface area contributed by atoms with Gasteiger partial charge in [0.05, 0.1) is 49.1 Å². The normalized spacial score (nSPS) is 19.4. The molecule has 7 rings (SSSR count). The van der Waals surface area contributed by atoms with E-state index in [9.17, 15) is 9.59 Å². The summed E-state index contributed by atoms with van der Waals surface area (Å²) in [6, 6.07) is 12.6. The summed E-state index contributed by atoms with van der Waals surface area (Å²) in [4.78, 5) is 45.7. The molecule has 258 valence electrons. The van der Waals surface area contributed by atoms with Crippen LogP contribution in [-0.4, -0.2) is 66.2 Å². The number of nitrogens with zero attached hydrogens (tertiary/aromatic N) is 4. The molecule has 0 spiro atoms. The maximum Gasteiger partial charge on any atom is 0.410 e. The number of benzene rings is 2. The van der Waals surface area contributed by atoms with Crippen LogP contribution in [0, 0.1) is 0 Å². The van der Waals surface area contributed by atoms with Crippen molar-refractivity contribution in [2.45, 2.75) is 104 Å². The van der Waals surface area contributed by atoms with Gasteiger partial charge in [0.25, 0.3) is 0 Å². The summed E-state index contributed by atoms with van der Waals surface area (Å²) in [5.74, 6) is 1.55. The predicted molar refractivity (Wildman–Crippen MR) is 185 cm³/mol. The highest BCUT2D eigenvalue weighted by molar-refractivity contribution is 5.78. The molecule has 5 heterocycles. The van der Waals surface area contributed by atoms with E-state index in [0.717, 1.165) is 82.1 Å². The number of hydrogen-bond acceptors (Lipinski definition) is 7. The lowest BCUT2D eigenvalue weighted by molar-refractivity contribution is 0.0208. The van der Waals surface area contributed by atoms with Crippen molar-refractivity contribution in [1.82, 2.24) is 29.7 Å². The van der Waals surface area contributed by atoms with E-state index in [1.165, 1.54) is 0 Å². The van der Waals surface area contributed by atoms with E-state index in [4.69, 9.17) is 24.2 Å². The molecule has 0 aliphatic carbocycles. The molecule has 2 aromatic carbocycles. The minimum absolute atomic E-state index is 0.137. The van der Waals surface area contributed by atoms with Gasteiger partial charge in [0.15, 0.2) is 0 Å². The Bertz CT molecular complexity index is 1730. The molecule has 3 aliphatic heterocycles. The van der Waals surface area contributed by atoms with Gasteiger partial charge in [0.1, 0.15) is 22.9 Å². The monoisotopic (exact) mass is 666 g/mol. The summed E-state index contributed by atoms with van der Waals surface area (Å²) in [6.07, 6.45) is 6.58. The summed E-state index contributed by atoms with van der Waals surface area (Å²) in [5, 5.41) is 0. The lowest BCUT2D eigenvalue weighted by atomic mass is 9.93. The maximum absolute atomic E-state index is 12.9. The van der Waals surface area contributed by atoms with Gasteiger partial charge in [-0.3, -0.25) is 9.80 Å². The first-order valence-corrected chi connectivity index (χ1v) is 17.3. The number of imidazole rings is 2. The Labute approximate surface area is 287 Å². The van der Waals surface area contributed by atoms with Gasteiger partial charge in [-0.15, -0.1) is 0 Å². The molecular weight excluding hydrogens is 620 g/mol. The molecule has 2 aromatic heterocycles. The van der Waals surface area contributed by atoms with Gasteiger partial charge in [0.2, 0.25) is 0 Å². The molecule has 11 nitrogen and oxygen atoms in total. The fraction of sp³-hybridized carbons (Fsp3) is 0.474. The minimum Gasteiger partial charge on any atom is -0.444 e. The molecule has 49 heavy (non-hydrogen) atoms. The second-order valence-corrected chi connectivity index (χ2v) is 15.3. The second kappa shape index (κ2) is 12.7. The third-order valence-corrected chi connectivity index (χ3v) is 9.22. The molecule has 2 N–H and O–H groups in total. The molecule has 2 fully saturated rings. The minimum atomic E-state index is -0.548. The van der Waals surface area contributed by atoms with E-state index >= 15 is 0 Å². The summed E-state index contributed by atoms with van der Waals surface area (Å²) in [5.41, 5.74) is 7.21. The van der Waals surface area contributed by atoms with Crippen LogP contribution in [0.3, 0.4) is 0 Å². The fourth-order valence-electron chi connectivity index (χ4n) is 7.04. The van der Waals surface area contributed by atoms with Gasteiger partial charge in [-0.2, -0.15) is 0 Å². The molecular formula is C38H46N6O5. The van der Waals surface area contributed by atoms with Crippen LogP contribution in [-0.2, 0) is 27.4 Å². The van der Waals surface area contributed by atoms with Gasteiger partial charge in [-0.05, 0) is 113 Å². The van der Waals surface area contributed by atoms with Crippen LogP contribution in [0.5, 0.6) is 0 Å². The molecule has 11 heteroatoms. The van der Waals surface area contributed by atoms with E-state index in [1.54, 1.807) is 9.80 Å². The fourth-order valence-corrected chi connectivity index (χ4v) is 7.04. The number of likely N-dealkylation sites (tertiary alicyclic amines) is 2. The van der Waals surface area contributed by atoms with Crippen LogP contribution in [0.4, 0.5) is 9.59 Å². The standard InChI is InChI=1S/C38H46N6O5/c1-37(2,3)48-35(45)43-15-7-9-31(43)33-39-19-29(41-33)23-11-13-27-25(17-23)21-47-22-26-18-24(12-14-28(26)27)30-20-40-34(42-30)32-10-8-16-44(32)36(46)49-38(4,5)6/h11-14,17-20,31-32H,7-10,15-16,21-22H2,1-6H3,(H,39,41)(H,40,42). The van der Waals surface area contributed by atoms with Gasteiger partial charge in [-0.1, -0.05) is 24.3 Å². The highest BCUT2D eigenvalue weighted by atomic mass is 16.6. The van der Waals surface area contributed by atoms with Crippen molar-refractivity contribution in [3.8, 4) is 33.6 Å². The number of aromatic amines is 2. The van der Waals surface area contributed by atoms with Gasteiger partial charge >= 0.3 is 12.2 Å². The highest BCUT2D eigenvalue weighted by Crippen LogP contribution is 2.38. The van der Waals surface area contributed by atoms with Crippen molar-refractivity contribution in [2.75, 3.05) is 13.1 Å². The van der Waals surface area contributed by atoms with Crippen molar-refractivity contribution in [3.05, 3.63) is 71.6 Å². The molecule has 4 aromatic rings. The van der Waals surface area contributed by atoms with E-state index < -0.39 is 11.2 Å². The van der Waals surface area contributed by atoms with E-state index in [-0.39, 0.29) is 24.3 Å². The summed E-state index contributed by atoms with van der Waals surface area (Å²) < 4.78 is 17.5. The Kier molecular flexibility index (Phi) is 8.50. The highest BCUT2D eigenvalue weighted by Gasteiger charge is 2.36. The number of fused-ring (bicyclic) bond motifs is 3. The number of hydrogen-bond donors (Lipinski definition) is 2. The Hall–Kier alpha value is -4.64. The molecule has 0 saturated carbocycles. The maximum atomic E-state index is 12.9. The van der Waals surface area contributed by atoms with Crippen molar-refractivity contribution in [1.29, 1.82) is 0 Å². The van der Waals surface area contributed by atoms with Crippen molar-refractivity contribution < 1.29 is 23.8 Å². The third kappa shape index (κ3) is 6.94. The van der Waals surface area contributed by atoms with E-state index in [0.29, 0.717) is 26.3 Å². The molecule has 2 unspecified atom stereocenters. The number of ether oxygens (including phenoxy) is 3. The number of carbonyl (C=O) groups excluding carboxylic acids is 2. The summed E-state index contributed by atoms with van der Waals surface area (Å²) in [7, 11) is 0. The van der Waals surface area contributed by atoms with Crippen molar-refractivity contribution >= 4 is 12.2 Å². The van der Waals surface area contributed by atoms with Crippen molar-refractivity contribution in [2.24, 2.45) is 0 Å². The summed E-state index contributed by atoms with van der Waals surface area (Å²) in [6.45, 7) is 13.6. The lowest BCUT2D eigenvalue weighted by Gasteiger charge is -2.27. The SMILES string of the molecule is CC(C)(C)OC(=O)N1CCCC1c1ncc(-c2ccc3c(c2)COCc2cc(-c4cnc(C5CCCN5C(=O)OC(C)(C)C)[nH]4)ccc2-3)[nH]1. The largest absolute Gasteiger partial charge is 0.444 e.